The fourth-order valence-corrected chi connectivity index (χ4v) is 2.07. The predicted octanol–water partition coefficient (Wildman–Crippen LogP) is 2.30. The number of ketones is 1. The van der Waals surface area contributed by atoms with Crippen molar-refractivity contribution in [1.82, 2.24) is 0 Å². The molecule has 1 aliphatic heterocycles. The number of nitrogens with one attached hydrogen (secondary N) is 1. The zero-order valence-electron chi connectivity index (χ0n) is 10.2. The molecule has 0 fully saturated rings. The van der Waals surface area contributed by atoms with E-state index >= 15 is 0 Å². The number of carbonyl (C=O) groups excluding carboxylic acids is 2. The van der Waals surface area contributed by atoms with Gasteiger partial charge in [-0.1, -0.05) is 6.92 Å². The summed E-state index contributed by atoms with van der Waals surface area (Å²) >= 11 is 0. The van der Waals surface area contributed by atoms with Gasteiger partial charge in [-0.2, -0.15) is 5.26 Å². The molecule has 0 aliphatic carbocycles. The monoisotopic (exact) mass is 242 g/mol. The van der Waals surface area contributed by atoms with Crippen LogP contribution in [0, 0.1) is 17.2 Å². The fraction of sp³-hybridized carbons (Fsp3) is 0.357. The van der Waals surface area contributed by atoms with Crippen molar-refractivity contribution < 1.29 is 9.59 Å². The lowest BCUT2D eigenvalue weighted by molar-refractivity contribution is -0.116. The number of benzene rings is 1. The molecule has 1 unspecified atom stereocenters. The van der Waals surface area contributed by atoms with Gasteiger partial charge in [-0.05, 0) is 36.6 Å². The van der Waals surface area contributed by atoms with Crippen LogP contribution in [0.1, 0.15) is 35.7 Å². The summed E-state index contributed by atoms with van der Waals surface area (Å²) in [7, 11) is 0. The summed E-state index contributed by atoms with van der Waals surface area (Å²) in [6, 6.07) is 7.22. The molecule has 1 N–H and O–H groups in total. The second kappa shape index (κ2) is 5.01. The summed E-state index contributed by atoms with van der Waals surface area (Å²) in [4.78, 5) is 23.3. The number of hydrogen-bond acceptors (Lipinski definition) is 3. The maximum Gasteiger partial charge on any atom is 0.224 e. The highest BCUT2D eigenvalue weighted by molar-refractivity contribution is 6.01. The molecule has 1 amide bonds. The SMILES string of the molecule is CCC(C#N)C(=O)c1ccc2c(c1)CCC(=O)N2. The molecule has 0 saturated heterocycles. The number of anilines is 1. The number of nitriles is 1. The maximum absolute atomic E-state index is 12.0. The van der Waals surface area contributed by atoms with Crippen molar-refractivity contribution in [3.63, 3.8) is 0 Å². The van der Waals surface area contributed by atoms with E-state index in [9.17, 15) is 9.59 Å². The van der Waals surface area contributed by atoms with Crippen LogP contribution in [-0.2, 0) is 11.2 Å². The predicted molar refractivity (Wildman–Crippen MR) is 67.1 cm³/mol. The lowest BCUT2D eigenvalue weighted by Crippen LogP contribution is -2.20. The molecule has 1 heterocycles. The minimum atomic E-state index is -0.582. The topological polar surface area (TPSA) is 70.0 Å². The molecule has 0 spiro atoms. The third-order valence-electron chi connectivity index (χ3n) is 3.17. The first kappa shape index (κ1) is 12.3. The Balaban J connectivity index is 2.30. The van der Waals surface area contributed by atoms with E-state index in [1.165, 1.54) is 0 Å². The molecule has 0 saturated carbocycles. The van der Waals surface area contributed by atoms with Crippen molar-refractivity contribution in [2.75, 3.05) is 5.32 Å². The van der Waals surface area contributed by atoms with Crippen molar-refractivity contribution in [2.24, 2.45) is 5.92 Å². The number of hydrogen-bond donors (Lipinski definition) is 1. The van der Waals surface area contributed by atoms with Crippen LogP contribution in [0.15, 0.2) is 18.2 Å². The van der Waals surface area contributed by atoms with Crippen LogP contribution >= 0.6 is 0 Å². The van der Waals surface area contributed by atoms with E-state index in [1.54, 1.807) is 18.2 Å². The van der Waals surface area contributed by atoms with E-state index < -0.39 is 5.92 Å². The smallest absolute Gasteiger partial charge is 0.224 e. The molecule has 18 heavy (non-hydrogen) atoms. The average molecular weight is 242 g/mol. The molecular formula is C14H14N2O2. The van der Waals surface area contributed by atoms with Crippen LogP contribution in [0.4, 0.5) is 5.69 Å². The third kappa shape index (κ3) is 2.25. The second-order valence-corrected chi connectivity index (χ2v) is 4.37. The first-order chi connectivity index (χ1) is 8.65. The van der Waals surface area contributed by atoms with Crippen LogP contribution in [0.5, 0.6) is 0 Å². The molecule has 1 aromatic carbocycles. The average Bonchev–Trinajstić information content (AvgIpc) is 2.39. The summed E-state index contributed by atoms with van der Waals surface area (Å²) in [5.41, 5.74) is 2.29. The second-order valence-electron chi connectivity index (χ2n) is 4.37. The van der Waals surface area contributed by atoms with E-state index in [1.807, 2.05) is 13.0 Å². The van der Waals surface area contributed by atoms with Gasteiger partial charge in [-0.3, -0.25) is 9.59 Å². The lowest BCUT2D eigenvalue weighted by atomic mass is 9.93. The highest BCUT2D eigenvalue weighted by atomic mass is 16.1. The number of aryl methyl sites for hydroxylation is 1. The number of Topliss-reactive ketones (excluding diaryl/α,β-unsaturated/α-hetero) is 1. The third-order valence-corrected chi connectivity index (χ3v) is 3.17. The van der Waals surface area contributed by atoms with Crippen LogP contribution < -0.4 is 5.32 Å². The van der Waals surface area contributed by atoms with Gasteiger partial charge in [0.1, 0.15) is 5.92 Å². The summed E-state index contributed by atoms with van der Waals surface area (Å²) < 4.78 is 0. The molecule has 92 valence electrons. The Kier molecular flexibility index (Phi) is 3.42. The van der Waals surface area contributed by atoms with E-state index in [-0.39, 0.29) is 11.7 Å². The zero-order valence-corrected chi connectivity index (χ0v) is 10.2. The normalized spacial score (nSPS) is 15.2. The Morgan fingerprint density at radius 3 is 2.94 bits per heavy atom. The molecule has 0 aromatic heterocycles. The fourth-order valence-electron chi connectivity index (χ4n) is 2.07. The van der Waals surface area contributed by atoms with E-state index in [0.29, 0.717) is 24.8 Å². The van der Waals surface area contributed by atoms with Gasteiger partial charge in [0.05, 0.1) is 6.07 Å². The molecule has 0 bridgehead atoms. The minimum Gasteiger partial charge on any atom is -0.326 e. The highest BCUT2D eigenvalue weighted by Crippen LogP contribution is 2.25. The number of fused-ring (bicyclic) bond motifs is 1. The molecule has 1 atom stereocenters. The molecular weight excluding hydrogens is 228 g/mol. The van der Waals surface area contributed by atoms with Gasteiger partial charge in [0.2, 0.25) is 5.91 Å². The van der Waals surface area contributed by atoms with Crippen LogP contribution in [0.25, 0.3) is 0 Å². The molecule has 4 nitrogen and oxygen atoms in total. The largest absolute Gasteiger partial charge is 0.326 e. The van der Waals surface area contributed by atoms with Gasteiger partial charge in [-0.15, -0.1) is 0 Å². The minimum absolute atomic E-state index is 0.00466. The molecule has 1 aromatic rings. The Morgan fingerprint density at radius 1 is 1.50 bits per heavy atom. The molecule has 1 aliphatic rings. The van der Waals surface area contributed by atoms with Crippen LogP contribution in [-0.4, -0.2) is 11.7 Å². The van der Waals surface area contributed by atoms with Gasteiger partial charge in [0, 0.05) is 17.7 Å². The summed E-state index contributed by atoms with van der Waals surface area (Å²) in [6.45, 7) is 1.82. The first-order valence-electron chi connectivity index (χ1n) is 6.02. The molecule has 4 heteroatoms. The van der Waals surface area contributed by atoms with E-state index in [2.05, 4.69) is 5.32 Å². The zero-order chi connectivity index (χ0) is 13.1. The Hall–Kier alpha value is -2.15. The summed E-state index contributed by atoms with van der Waals surface area (Å²) in [6.07, 6.45) is 1.61. The van der Waals surface area contributed by atoms with Gasteiger partial charge >= 0.3 is 0 Å². The quantitative estimate of drug-likeness (QED) is 0.827. The number of carbonyl (C=O) groups is 2. The van der Waals surface area contributed by atoms with Crippen molar-refractivity contribution in [3.8, 4) is 6.07 Å². The van der Waals surface area contributed by atoms with Crippen molar-refractivity contribution in [3.05, 3.63) is 29.3 Å². The highest BCUT2D eigenvalue weighted by Gasteiger charge is 2.20. The first-order valence-corrected chi connectivity index (χ1v) is 6.02. The number of rotatable bonds is 3. The van der Waals surface area contributed by atoms with Crippen molar-refractivity contribution >= 4 is 17.4 Å². The molecule has 2 rings (SSSR count). The van der Waals surface area contributed by atoms with Crippen LogP contribution in [0.2, 0.25) is 0 Å². The van der Waals surface area contributed by atoms with Gasteiger partial charge < -0.3 is 5.32 Å². The number of nitrogens with zero attached hydrogens (tertiary/aromatic N) is 1. The van der Waals surface area contributed by atoms with Gasteiger partial charge in [-0.25, -0.2) is 0 Å². The Bertz CT molecular complexity index is 543. The lowest BCUT2D eigenvalue weighted by Gasteiger charge is -2.17. The van der Waals surface area contributed by atoms with Crippen molar-refractivity contribution in [1.29, 1.82) is 5.26 Å². The Labute approximate surface area is 106 Å². The van der Waals surface area contributed by atoms with Gasteiger partial charge in [0.15, 0.2) is 5.78 Å². The summed E-state index contributed by atoms with van der Waals surface area (Å²) in [5.74, 6) is -0.717. The Morgan fingerprint density at radius 2 is 2.28 bits per heavy atom. The standard InChI is InChI=1S/C14H14N2O2/c1-2-9(8-15)14(18)11-3-5-12-10(7-11)4-6-13(17)16-12/h3,5,7,9H,2,4,6H2,1H3,(H,16,17). The molecule has 0 radical (unpaired) electrons. The maximum atomic E-state index is 12.0. The van der Waals surface area contributed by atoms with Crippen molar-refractivity contribution in [2.45, 2.75) is 26.2 Å². The van der Waals surface area contributed by atoms with E-state index in [4.69, 9.17) is 5.26 Å². The van der Waals surface area contributed by atoms with Crippen LogP contribution in [0.3, 0.4) is 0 Å². The van der Waals surface area contributed by atoms with Gasteiger partial charge in [0.25, 0.3) is 0 Å². The number of amides is 1. The van der Waals surface area contributed by atoms with E-state index in [0.717, 1.165) is 11.3 Å². The summed E-state index contributed by atoms with van der Waals surface area (Å²) in [5, 5.41) is 11.7.